The molecular formula is C15H14BrN3S. The summed E-state index contributed by atoms with van der Waals surface area (Å²) in [5, 5.41) is 3.29. The molecule has 102 valence electrons. The number of nitrogens with zero attached hydrogens (tertiary/aromatic N) is 2. The highest BCUT2D eigenvalue weighted by atomic mass is 79.9. The minimum absolute atomic E-state index is 0.742. The number of benzene rings is 1. The van der Waals surface area contributed by atoms with Gasteiger partial charge in [-0.2, -0.15) is 0 Å². The number of pyridine rings is 1. The van der Waals surface area contributed by atoms with E-state index < -0.39 is 0 Å². The predicted molar refractivity (Wildman–Crippen MR) is 90.3 cm³/mol. The van der Waals surface area contributed by atoms with Crippen molar-refractivity contribution in [2.45, 2.75) is 6.54 Å². The smallest absolute Gasteiger partial charge is 0.0743 e. The average molecular weight is 348 g/mol. The van der Waals surface area contributed by atoms with Gasteiger partial charge in [-0.25, -0.2) is 0 Å². The zero-order valence-corrected chi connectivity index (χ0v) is 13.4. The van der Waals surface area contributed by atoms with Gasteiger partial charge in [0.25, 0.3) is 0 Å². The molecule has 0 radical (unpaired) electrons. The quantitative estimate of drug-likeness (QED) is 0.719. The summed E-state index contributed by atoms with van der Waals surface area (Å²) in [5.41, 5.74) is 9.95. The lowest BCUT2D eigenvalue weighted by molar-refractivity contribution is 0.931. The predicted octanol–water partition coefficient (Wildman–Crippen LogP) is 4.28. The van der Waals surface area contributed by atoms with Gasteiger partial charge >= 0.3 is 0 Å². The number of nitrogen functional groups attached to an aromatic ring is 1. The van der Waals surface area contributed by atoms with Crippen molar-refractivity contribution in [3.63, 3.8) is 0 Å². The van der Waals surface area contributed by atoms with Crippen LogP contribution in [0.25, 0.3) is 10.9 Å². The molecule has 20 heavy (non-hydrogen) atoms. The lowest BCUT2D eigenvalue weighted by Crippen LogP contribution is -2.16. The molecule has 0 spiro atoms. The number of nitrogens with two attached hydrogens (primary N) is 1. The molecule has 3 rings (SSSR count). The Hall–Kier alpha value is -1.59. The van der Waals surface area contributed by atoms with Crippen LogP contribution in [0.15, 0.2) is 45.7 Å². The summed E-state index contributed by atoms with van der Waals surface area (Å²) in [6, 6.07) is 10.1. The van der Waals surface area contributed by atoms with Crippen molar-refractivity contribution in [1.29, 1.82) is 0 Å². The largest absolute Gasteiger partial charge is 0.399 e. The summed E-state index contributed by atoms with van der Waals surface area (Å²) in [6.45, 7) is 0.867. The van der Waals surface area contributed by atoms with Crippen molar-refractivity contribution >= 4 is 49.5 Å². The van der Waals surface area contributed by atoms with Gasteiger partial charge in [0.1, 0.15) is 0 Å². The molecule has 0 aliphatic rings. The van der Waals surface area contributed by atoms with Crippen LogP contribution in [-0.4, -0.2) is 12.0 Å². The highest BCUT2D eigenvalue weighted by Crippen LogP contribution is 2.28. The van der Waals surface area contributed by atoms with Crippen molar-refractivity contribution in [3.05, 3.63) is 51.3 Å². The molecule has 0 aliphatic carbocycles. The normalized spacial score (nSPS) is 10.9. The summed E-state index contributed by atoms with van der Waals surface area (Å²) in [6.07, 6.45) is 1.83. The third kappa shape index (κ3) is 2.64. The fourth-order valence-corrected chi connectivity index (χ4v) is 3.47. The summed E-state index contributed by atoms with van der Waals surface area (Å²) in [5.74, 6) is 0. The molecule has 1 aromatic carbocycles. The van der Waals surface area contributed by atoms with Gasteiger partial charge in [0.15, 0.2) is 0 Å². The third-order valence-corrected chi connectivity index (χ3v) is 4.75. The zero-order chi connectivity index (χ0) is 14.1. The van der Waals surface area contributed by atoms with E-state index in [1.807, 2.05) is 30.5 Å². The van der Waals surface area contributed by atoms with Crippen LogP contribution in [0.4, 0.5) is 11.4 Å². The highest BCUT2D eigenvalue weighted by molar-refractivity contribution is 9.11. The Morgan fingerprint density at radius 2 is 2.15 bits per heavy atom. The number of thiophene rings is 1. The van der Waals surface area contributed by atoms with E-state index in [9.17, 15) is 0 Å². The lowest BCUT2D eigenvalue weighted by Gasteiger charge is -2.20. The van der Waals surface area contributed by atoms with E-state index in [-0.39, 0.29) is 0 Å². The van der Waals surface area contributed by atoms with Crippen LogP contribution in [-0.2, 0) is 6.54 Å². The topological polar surface area (TPSA) is 42.2 Å². The molecule has 3 aromatic rings. The Bertz CT molecular complexity index is 754. The lowest BCUT2D eigenvalue weighted by atomic mass is 10.1. The molecule has 5 heteroatoms. The van der Waals surface area contributed by atoms with E-state index in [2.05, 4.69) is 44.3 Å². The van der Waals surface area contributed by atoms with Crippen molar-refractivity contribution in [1.82, 2.24) is 4.98 Å². The third-order valence-electron chi connectivity index (χ3n) is 3.20. The zero-order valence-electron chi connectivity index (χ0n) is 11.0. The number of fused-ring (bicyclic) bond motifs is 1. The molecule has 0 saturated carbocycles. The standard InChI is InChI=1S/C15H14BrN3S/c1-19(8-10-6-15(16)20-9-10)14-4-5-18-13-7-11(17)2-3-12(13)14/h2-7,9H,8,17H2,1H3. The Balaban J connectivity index is 1.96. The number of halogens is 1. The molecule has 0 bridgehead atoms. The molecule has 2 N–H and O–H groups in total. The SMILES string of the molecule is CN(Cc1csc(Br)c1)c1ccnc2cc(N)ccc12. The van der Waals surface area contributed by atoms with Gasteiger partial charge in [-0.15, -0.1) is 11.3 Å². The van der Waals surface area contributed by atoms with E-state index in [1.54, 1.807) is 11.3 Å². The fourth-order valence-electron chi connectivity index (χ4n) is 2.27. The first-order valence-corrected chi connectivity index (χ1v) is 7.89. The van der Waals surface area contributed by atoms with E-state index in [1.165, 1.54) is 5.56 Å². The maximum Gasteiger partial charge on any atom is 0.0743 e. The summed E-state index contributed by atoms with van der Waals surface area (Å²) >= 11 is 5.21. The van der Waals surface area contributed by atoms with E-state index in [4.69, 9.17) is 5.73 Å². The number of anilines is 2. The van der Waals surface area contributed by atoms with E-state index in [0.29, 0.717) is 0 Å². The van der Waals surface area contributed by atoms with Crippen molar-refractivity contribution in [2.75, 3.05) is 17.7 Å². The maximum atomic E-state index is 5.82. The first kappa shape index (κ1) is 13.4. The summed E-state index contributed by atoms with van der Waals surface area (Å²) in [7, 11) is 2.09. The first-order valence-electron chi connectivity index (χ1n) is 6.22. The Labute approximate surface area is 130 Å². The summed E-state index contributed by atoms with van der Waals surface area (Å²) < 4.78 is 1.16. The summed E-state index contributed by atoms with van der Waals surface area (Å²) in [4.78, 5) is 6.61. The molecule has 3 nitrogen and oxygen atoms in total. The van der Waals surface area contributed by atoms with Gasteiger partial charge < -0.3 is 10.6 Å². The van der Waals surface area contributed by atoms with Crippen molar-refractivity contribution in [3.8, 4) is 0 Å². The number of hydrogen-bond acceptors (Lipinski definition) is 4. The monoisotopic (exact) mass is 347 g/mol. The fraction of sp³-hybridized carbons (Fsp3) is 0.133. The molecule has 2 aromatic heterocycles. The van der Waals surface area contributed by atoms with Crippen LogP contribution < -0.4 is 10.6 Å². The van der Waals surface area contributed by atoms with Crippen LogP contribution in [0.5, 0.6) is 0 Å². The Morgan fingerprint density at radius 1 is 1.30 bits per heavy atom. The van der Waals surface area contributed by atoms with Crippen LogP contribution in [0.1, 0.15) is 5.56 Å². The minimum Gasteiger partial charge on any atom is -0.399 e. The van der Waals surface area contributed by atoms with Gasteiger partial charge in [0.05, 0.1) is 9.30 Å². The Morgan fingerprint density at radius 3 is 2.90 bits per heavy atom. The van der Waals surface area contributed by atoms with Gasteiger partial charge in [-0.1, -0.05) is 0 Å². The second-order valence-corrected chi connectivity index (χ2v) is 7.01. The van der Waals surface area contributed by atoms with Gasteiger partial charge in [-0.3, -0.25) is 4.98 Å². The second kappa shape index (κ2) is 5.42. The van der Waals surface area contributed by atoms with Crippen molar-refractivity contribution in [2.24, 2.45) is 0 Å². The molecule has 0 amide bonds. The second-order valence-electron chi connectivity index (χ2n) is 4.72. The minimum atomic E-state index is 0.742. The number of rotatable bonds is 3. The maximum absolute atomic E-state index is 5.82. The van der Waals surface area contributed by atoms with E-state index >= 15 is 0 Å². The first-order chi connectivity index (χ1) is 9.63. The molecule has 2 heterocycles. The van der Waals surface area contributed by atoms with Crippen molar-refractivity contribution < 1.29 is 0 Å². The van der Waals surface area contributed by atoms with Crippen LogP contribution in [0.2, 0.25) is 0 Å². The van der Waals surface area contributed by atoms with Gasteiger partial charge in [-0.05, 0) is 57.2 Å². The number of hydrogen-bond donors (Lipinski definition) is 1. The van der Waals surface area contributed by atoms with E-state index in [0.717, 1.165) is 32.6 Å². The molecule has 0 fully saturated rings. The molecule has 0 saturated heterocycles. The van der Waals surface area contributed by atoms with Crippen LogP contribution in [0.3, 0.4) is 0 Å². The van der Waals surface area contributed by atoms with Gasteiger partial charge in [0.2, 0.25) is 0 Å². The number of aromatic nitrogens is 1. The van der Waals surface area contributed by atoms with Crippen LogP contribution >= 0.6 is 27.3 Å². The Kier molecular flexibility index (Phi) is 3.63. The molecule has 0 aliphatic heterocycles. The highest BCUT2D eigenvalue weighted by Gasteiger charge is 2.08. The molecular weight excluding hydrogens is 334 g/mol. The van der Waals surface area contributed by atoms with Crippen LogP contribution in [0, 0.1) is 0 Å². The molecule has 0 unspecified atom stereocenters. The molecule has 0 atom stereocenters. The van der Waals surface area contributed by atoms with Gasteiger partial charge in [0, 0.05) is 36.6 Å². The average Bonchev–Trinajstić information content (AvgIpc) is 2.83.